The van der Waals surface area contributed by atoms with Crippen LogP contribution in [0, 0.1) is 0 Å². The topological polar surface area (TPSA) is 66.0 Å². The number of aliphatic carboxylic acids is 1. The molecule has 5 heteroatoms. The molecule has 0 atom stereocenters. The lowest BCUT2D eigenvalue weighted by atomic mass is 9.95. The van der Waals surface area contributed by atoms with E-state index in [1.165, 1.54) is 0 Å². The summed E-state index contributed by atoms with van der Waals surface area (Å²) in [4.78, 5) is 11.2. The molecular weight excluding hydrogens is 272 g/mol. The normalized spacial score (nSPS) is 17.6. The van der Waals surface area contributed by atoms with Gasteiger partial charge in [0.1, 0.15) is 4.60 Å². The van der Waals surface area contributed by atoms with Gasteiger partial charge in [0.25, 0.3) is 0 Å². The molecule has 1 aromatic carbocycles. The van der Waals surface area contributed by atoms with Crippen molar-refractivity contribution in [2.75, 3.05) is 0 Å². The van der Waals surface area contributed by atoms with Gasteiger partial charge in [-0.2, -0.15) is 5.10 Å². The smallest absolute Gasteiger partial charge is 0.314 e. The molecule has 82 valence electrons. The Morgan fingerprint density at radius 2 is 2.25 bits per heavy atom. The van der Waals surface area contributed by atoms with E-state index < -0.39 is 11.4 Å². The number of halogens is 1. The average molecular weight is 281 g/mol. The molecule has 1 heterocycles. The number of carboxylic acids is 1. The maximum Gasteiger partial charge on any atom is 0.314 e. The van der Waals surface area contributed by atoms with Crippen molar-refractivity contribution in [1.82, 2.24) is 10.2 Å². The minimum absolute atomic E-state index is 0.648. The molecule has 1 fully saturated rings. The first-order valence-electron chi connectivity index (χ1n) is 5.01. The summed E-state index contributed by atoms with van der Waals surface area (Å²) in [5, 5.41) is 17.1. The molecule has 0 amide bonds. The van der Waals surface area contributed by atoms with E-state index >= 15 is 0 Å². The Morgan fingerprint density at radius 1 is 1.50 bits per heavy atom. The third-order valence-corrected chi connectivity index (χ3v) is 3.82. The van der Waals surface area contributed by atoms with Crippen LogP contribution in [0.5, 0.6) is 0 Å². The molecule has 0 spiro atoms. The van der Waals surface area contributed by atoms with E-state index in [1.807, 2.05) is 18.2 Å². The van der Waals surface area contributed by atoms with Crippen molar-refractivity contribution in [3.8, 4) is 0 Å². The molecular formula is C11H9BrN2O2. The third kappa shape index (κ3) is 1.21. The number of aromatic amines is 1. The number of aromatic nitrogens is 2. The van der Waals surface area contributed by atoms with Crippen LogP contribution in [0.15, 0.2) is 22.8 Å². The van der Waals surface area contributed by atoms with E-state index in [0.717, 1.165) is 33.9 Å². The molecule has 1 aliphatic carbocycles. The highest BCUT2D eigenvalue weighted by molar-refractivity contribution is 9.10. The molecule has 2 aromatic rings. The minimum Gasteiger partial charge on any atom is -0.481 e. The van der Waals surface area contributed by atoms with Gasteiger partial charge < -0.3 is 5.11 Å². The summed E-state index contributed by atoms with van der Waals surface area (Å²) in [6, 6.07) is 5.62. The van der Waals surface area contributed by atoms with Crippen LogP contribution < -0.4 is 0 Å². The summed E-state index contributed by atoms with van der Waals surface area (Å²) >= 11 is 3.36. The van der Waals surface area contributed by atoms with Crippen LogP contribution in [0.3, 0.4) is 0 Å². The van der Waals surface area contributed by atoms with Crippen LogP contribution in [-0.4, -0.2) is 21.3 Å². The number of hydrogen-bond acceptors (Lipinski definition) is 2. The van der Waals surface area contributed by atoms with Crippen LogP contribution in [0.25, 0.3) is 10.9 Å². The number of benzene rings is 1. The zero-order chi connectivity index (χ0) is 11.3. The van der Waals surface area contributed by atoms with Crippen LogP contribution >= 0.6 is 15.9 Å². The number of nitrogens with zero attached hydrogens (tertiary/aromatic N) is 1. The molecule has 4 nitrogen and oxygen atoms in total. The van der Waals surface area contributed by atoms with Gasteiger partial charge in [-0.25, -0.2) is 0 Å². The van der Waals surface area contributed by atoms with E-state index in [-0.39, 0.29) is 0 Å². The Hall–Kier alpha value is -1.36. The van der Waals surface area contributed by atoms with Crippen molar-refractivity contribution in [1.29, 1.82) is 0 Å². The lowest BCUT2D eigenvalue weighted by Crippen LogP contribution is -2.19. The molecule has 0 unspecified atom stereocenters. The minimum atomic E-state index is -0.730. The zero-order valence-corrected chi connectivity index (χ0v) is 9.91. The fourth-order valence-corrected chi connectivity index (χ4v) is 2.43. The van der Waals surface area contributed by atoms with Gasteiger partial charge in [0.05, 0.1) is 10.9 Å². The van der Waals surface area contributed by atoms with Gasteiger partial charge in [0.2, 0.25) is 0 Å². The average Bonchev–Trinajstić information content (AvgIpc) is 3.01. The van der Waals surface area contributed by atoms with Gasteiger partial charge in [0.15, 0.2) is 0 Å². The monoisotopic (exact) mass is 280 g/mol. The number of nitrogens with one attached hydrogen (secondary N) is 1. The lowest BCUT2D eigenvalue weighted by molar-refractivity contribution is -0.140. The van der Waals surface area contributed by atoms with Crippen molar-refractivity contribution < 1.29 is 9.90 Å². The van der Waals surface area contributed by atoms with E-state index in [0.29, 0.717) is 0 Å². The molecule has 16 heavy (non-hydrogen) atoms. The SMILES string of the molecule is O=C(O)C1(c2ccc3n[nH]c(Br)c3c2)CC1. The molecule has 0 aliphatic heterocycles. The van der Waals surface area contributed by atoms with Crippen LogP contribution in [-0.2, 0) is 10.2 Å². The highest BCUT2D eigenvalue weighted by Crippen LogP contribution is 2.49. The Morgan fingerprint density at radius 3 is 2.88 bits per heavy atom. The number of carboxylic acid groups (broad SMARTS) is 1. The third-order valence-electron chi connectivity index (χ3n) is 3.22. The van der Waals surface area contributed by atoms with Crippen molar-refractivity contribution in [3.63, 3.8) is 0 Å². The second kappa shape index (κ2) is 3.07. The number of carbonyl (C=O) groups is 1. The summed E-state index contributed by atoms with van der Waals surface area (Å²) in [6.07, 6.45) is 1.45. The predicted octanol–water partition coefficient (Wildman–Crippen LogP) is 2.44. The maximum atomic E-state index is 11.2. The fraction of sp³-hybridized carbons (Fsp3) is 0.273. The summed E-state index contributed by atoms with van der Waals surface area (Å²) in [5.74, 6) is -0.730. The Kier molecular flexibility index (Phi) is 1.89. The van der Waals surface area contributed by atoms with Gasteiger partial charge in [-0.1, -0.05) is 6.07 Å². The zero-order valence-electron chi connectivity index (χ0n) is 8.33. The molecule has 1 aliphatic rings. The number of H-pyrrole nitrogens is 1. The van der Waals surface area contributed by atoms with Crippen LogP contribution in [0.4, 0.5) is 0 Å². The molecule has 1 aromatic heterocycles. The van der Waals surface area contributed by atoms with Crippen LogP contribution in [0.1, 0.15) is 18.4 Å². The van der Waals surface area contributed by atoms with Crippen molar-refractivity contribution >= 4 is 32.8 Å². The largest absolute Gasteiger partial charge is 0.481 e. The summed E-state index contributed by atoms with van der Waals surface area (Å²) < 4.78 is 0.797. The van der Waals surface area contributed by atoms with E-state index in [1.54, 1.807) is 0 Å². The van der Waals surface area contributed by atoms with Gasteiger partial charge in [-0.3, -0.25) is 9.89 Å². The first-order chi connectivity index (χ1) is 7.63. The van der Waals surface area contributed by atoms with E-state index in [2.05, 4.69) is 26.1 Å². The molecule has 0 bridgehead atoms. The molecule has 3 rings (SSSR count). The van der Waals surface area contributed by atoms with Crippen molar-refractivity contribution in [2.24, 2.45) is 0 Å². The highest BCUT2D eigenvalue weighted by Gasteiger charge is 2.51. The first-order valence-corrected chi connectivity index (χ1v) is 5.80. The second-order valence-corrected chi connectivity index (χ2v) is 4.95. The van der Waals surface area contributed by atoms with Crippen molar-refractivity contribution in [3.05, 3.63) is 28.4 Å². The summed E-state index contributed by atoms with van der Waals surface area (Å²) in [6.45, 7) is 0. The lowest BCUT2D eigenvalue weighted by Gasteiger charge is -2.09. The second-order valence-electron chi connectivity index (χ2n) is 4.16. The number of hydrogen-bond donors (Lipinski definition) is 2. The fourth-order valence-electron chi connectivity index (χ4n) is 2.03. The number of rotatable bonds is 2. The highest BCUT2D eigenvalue weighted by atomic mass is 79.9. The first kappa shape index (κ1) is 9.84. The van der Waals surface area contributed by atoms with Crippen molar-refractivity contribution in [2.45, 2.75) is 18.3 Å². The number of fused-ring (bicyclic) bond motifs is 1. The van der Waals surface area contributed by atoms with E-state index in [4.69, 9.17) is 0 Å². The van der Waals surface area contributed by atoms with Gasteiger partial charge in [0, 0.05) is 5.39 Å². The predicted molar refractivity (Wildman–Crippen MR) is 62.3 cm³/mol. The molecule has 1 saturated carbocycles. The van der Waals surface area contributed by atoms with Crippen LogP contribution in [0.2, 0.25) is 0 Å². The molecule has 2 N–H and O–H groups in total. The molecule has 0 radical (unpaired) electrons. The maximum absolute atomic E-state index is 11.2. The Labute approximate surface area is 99.8 Å². The van der Waals surface area contributed by atoms with Gasteiger partial charge in [-0.05, 0) is 46.5 Å². The van der Waals surface area contributed by atoms with E-state index in [9.17, 15) is 9.90 Å². The summed E-state index contributed by atoms with van der Waals surface area (Å²) in [7, 11) is 0. The molecule has 0 saturated heterocycles. The van der Waals surface area contributed by atoms with Gasteiger partial charge >= 0.3 is 5.97 Å². The Bertz CT molecular complexity index is 587. The van der Waals surface area contributed by atoms with Gasteiger partial charge in [-0.15, -0.1) is 0 Å². The summed E-state index contributed by atoms with van der Waals surface area (Å²) in [5.41, 5.74) is 1.07. The standard InChI is InChI=1S/C11H9BrN2O2/c12-9-7-5-6(1-2-8(7)13-14-9)11(3-4-11)10(15)16/h1-2,5H,3-4H2,(H,13,14)(H,15,16). The quantitative estimate of drug-likeness (QED) is 0.888. The Balaban J connectivity index is 2.18.